The highest BCUT2D eigenvalue weighted by Gasteiger charge is 2.44. The van der Waals surface area contributed by atoms with Crippen molar-refractivity contribution in [1.82, 2.24) is 4.90 Å². The van der Waals surface area contributed by atoms with Gasteiger partial charge in [0.1, 0.15) is 0 Å². The summed E-state index contributed by atoms with van der Waals surface area (Å²) < 4.78 is 5.49. The molecule has 1 saturated heterocycles. The predicted molar refractivity (Wildman–Crippen MR) is 68.6 cm³/mol. The molecule has 0 unspecified atom stereocenters. The molecular formula is C13H27NO4. The Hall–Kier alpha value is -0.200. The van der Waals surface area contributed by atoms with Crippen LogP contribution in [0.5, 0.6) is 0 Å². The van der Waals surface area contributed by atoms with Crippen LogP contribution in [0.15, 0.2) is 0 Å². The number of ether oxygens (including phenoxy) is 1. The van der Waals surface area contributed by atoms with E-state index in [1.165, 1.54) is 0 Å². The van der Waals surface area contributed by atoms with Gasteiger partial charge in [-0.15, -0.1) is 0 Å². The van der Waals surface area contributed by atoms with Gasteiger partial charge in [0.15, 0.2) is 6.29 Å². The zero-order valence-electron chi connectivity index (χ0n) is 11.9. The molecule has 1 rings (SSSR count). The van der Waals surface area contributed by atoms with Crippen molar-refractivity contribution in [3.05, 3.63) is 0 Å². The molecule has 1 aliphatic heterocycles. The van der Waals surface area contributed by atoms with Crippen LogP contribution >= 0.6 is 0 Å². The van der Waals surface area contributed by atoms with Crippen molar-refractivity contribution in [2.45, 2.75) is 65.3 Å². The molecule has 5 heteroatoms. The largest absolute Gasteiger partial charge is 0.368 e. The number of likely N-dealkylation sites (tertiary alicyclic amines) is 1. The Morgan fingerprint density at radius 2 is 1.89 bits per heavy atom. The third-order valence-corrected chi connectivity index (χ3v) is 3.48. The Bertz CT molecular complexity index is 264. The van der Waals surface area contributed by atoms with E-state index in [9.17, 15) is 15.3 Å². The summed E-state index contributed by atoms with van der Waals surface area (Å²) in [4.78, 5) is 1.76. The van der Waals surface area contributed by atoms with Crippen molar-refractivity contribution in [2.75, 3.05) is 13.1 Å². The van der Waals surface area contributed by atoms with Gasteiger partial charge in [0.05, 0.1) is 5.60 Å². The third kappa shape index (κ3) is 3.90. The highest BCUT2D eigenvalue weighted by molar-refractivity contribution is 4.91. The lowest BCUT2D eigenvalue weighted by atomic mass is 9.82. The summed E-state index contributed by atoms with van der Waals surface area (Å²) in [6, 6.07) is 0. The Morgan fingerprint density at radius 3 is 2.33 bits per heavy atom. The molecule has 3 N–H and O–H groups in total. The first kappa shape index (κ1) is 15.9. The molecule has 0 spiro atoms. The minimum absolute atomic E-state index is 0.423. The molecule has 0 aromatic carbocycles. The summed E-state index contributed by atoms with van der Waals surface area (Å²) >= 11 is 0. The quantitative estimate of drug-likeness (QED) is 0.641. The van der Waals surface area contributed by atoms with Gasteiger partial charge in [-0.3, -0.25) is 4.90 Å². The Balaban J connectivity index is 2.63. The van der Waals surface area contributed by atoms with Gasteiger partial charge in [0.2, 0.25) is 6.41 Å². The zero-order chi connectivity index (χ0) is 14.0. The van der Waals surface area contributed by atoms with Crippen LogP contribution in [0.4, 0.5) is 0 Å². The highest BCUT2D eigenvalue weighted by Crippen LogP contribution is 2.38. The molecule has 1 aliphatic rings. The van der Waals surface area contributed by atoms with Crippen molar-refractivity contribution in [2.24, 2.45) is 5.41 Å². The summed E-state index contributed by atoms with van der Waals surface area (Å²) in [6.07, 6.45) is -0.0273. The number of aliphatic hydroxyl groups excluding tert-OH is 2. The van der Waals surface area contributed by atoms with E-state index >= 15 is 0 Å². The number of nitrogens with zero attached hydrogens (tertiary/aromatic N) is 1. The van der Waals surface area contributed by atoms with E-state index in [1.807, 2.05) is 27.7 Å². The Labute approximate surface area is 109 Å². The molecule has 18 heavy (non-hydrogen) atoms. The first-order chi connectivity index (χ1) is 8.20. The maximum absolute atomic E-state index is 10.0. The summed E-state index contributed by atoms with van der Waals surface area (Å²) in [7, 11) is 0. The molecule has 0 aromatic heterocycles. The average Bonchev–Trinajstić information content (AvgIpc) is 2.61. The van der Waals surface area contributed by atoms with Crippen molar-refractivity contribution >= 4 is 0 Å². The zero-order valence-corrected chi connectivity index (χ0v) is 11.9. The molecule has 0 saturated carbocycles. The van der Waals surface area contributed by atoms with E-state index in [0.717, 1.165) is 12.8 Å². The topological polar surface area (TPSA) is 73.2 Å². The first-order valence-corrected chi connectivity index (χ1v) is 6.66. The van der Waals surface area contributed by atoms with Crippen LogP contribution in [0, 0.1) is 5.41 Å². The minimum Gasteiger partial charge on any atom is -0.368 e. The van der Waals surface area contributed by atoms with Gasteiger partial charge in [-0.25, -0.2) is 0 Å². The van der Waals surface area contributed by atoms with Gasteiger partial charge in [0, 0.05) is 18.5 Å². The molecule has 0 aromatic rings. The molecule has 1 fully saturated rings. The molecular weight excluding hydrogens is 234 g/mol. The van der Waals surface area contributed by atoms with E-state index in [1.54, 1.807) is 4.90 Å². The maximum Gasteiger partial charge on any atom is 0.216 e. The van der Waals surface area contributed by atoms with Gasteiger partial charge in [-0.2, -0.15) is 0 Å². The van der Waals surface area contributed by atoms with Crippen molar-refractivity contribution in [3.8, 4) is 0 Å². The molecule has 5 nitrogen and oxygen atoms in total. The molecule has 0 bridgehead atoms. The first-order valence-electron chi connectivity index (χ1n) is 6.66. The van der Waals surface area contributed by atoms with E-state index < -0.39 is 23.7 Å². The summed E-state index contributed by atoms with van der Waals surface area (Å²) in [6.45, 7) is 8.74. The van der Waals surface area contributed by atoms with E-state index in [4.69, 9.17) is 4.74 Å². The lowest BCUT2D eigenvalue weighted by Crippen LogP contribution is -2.44. The second kappa shape index (κ2) is 5.84. The van der Waals surface area contributed by atoms with Gasteiger partial charge < -0.3 is 20.1 Å². The van der Waals surface area contributed by atoms with Crippen LogP contribution in [-0.4, -0.2) is 51.6 Å². The average molecular weight is 261 g/mol. The van der Waals surface area contributed by atoms with Gasteiger partial charge >= 0.3 is 0 Å². The van der Waals surface area contributed by atoms with Crippen LogP contribution in [0.1, 0.15) is 47.0 Å². The molecule has 0 aliphatic carbocycles. The number of aliphatic hydroxyl groups is 3. The molecule has 108 valence electrons. The van der Waals surface area contributed by atoms with Crippen LogP contribution in [0.25, 0.3) is 0 Å². The number of hydrogen-bond acceptors (Lipinski definition) is 5. The van der Waals surface area contributed by atoms with E-state index in [-0.39, 0.29) is 0 Å². The fourth-order valence-corrected chi connectivity index (χ4v) is 2.55. The van der Waals surface area contributed by atoms with E-state index in [0.29, 0.717) is 19.5 Å². The maximum atomic E-state index is 10.0. The summed E-state index contributed by atoms with van der Waals surface area (Å²) in [5.41, 5.74) is -0.954. The minimum atomic E-state index is -1.34. The molecule has 0 radical (unpaired) electrons. The second-order valence-corrected chi connectivity index (χ2v) is 6.26. The lowest BCUT2D eigenvalue weighted by Gasteiger charge is -2.33. The summed E-state index contributed by atoms with van der Waals surface area (Å²) in [5.74, 6) is 0. The normalized spacial score (nSPS) is 28.0. The van der Waals surface area contributed by atoms with Crippen molar-refractivity contribution < 1.29 is 20.1 Å². The van der Waals surface area contributed by atoms with Crippen LogP contribution in [-0.2, 0) is 4.74 Å². The fraction of sp³-hybridized carbons (Fsp3) is 1.00. The van der Waals surface area contributed by atoms with Gasteiger partial charge in [0.25, 0.3) is 0 Å². The molecule has 2 atom stereocenters. The molecule has 1 heterocycles. The van der Waals surface area contributed by atoms with E-state index in [2.05, 4.69) is 0 Å². The van der Waals surface area contributed by atoms with Crippen LogP contribution in [0.2, 0.25) is 0 Å². The van der Waals surface area contributed by atoms with Gasteiger partial charge in [-0.05, 0) is 33.6 Å². The SMILES string of the molecule is CCC[C@]1(C(O)O)CCN([C@H](O)OC(C)(C)C)C1. The predicted octanol–water partition coefficient (Wildman–Crippen LogP) is 0.880. The number of rotatable bonds is 5. The highest BCUT2D eigenvalue weighted by atomic mass is 16.6. The summed E-state index contributed by atoms with van der Waals surface area (Å²) in [5, 5.41) is 29.2. The Kier molecular flexibility index (Phi) is 5.14. The third-order valence-electron chi connectivity index (χ3n) is 3.48. The fourth-order valence-electron chi connectivity index (χ4n) is 2.55. The smallest absolute Gasteiger partial charge is 0.216 e. The van der Waals surface area contributed by atoms with Crippen molar-refractivity contribution in [1.29, 1.82) is 0 Å². The van der Waals surface area contributed by atoms with Crippen molar-refractivity contribution in [3.63, 3.8) is 0 Å². The van der Waals surface area contributed by atoms with Crippen LogP contribution in [0.3, 0.4) is 0 Å². The standard InChI is InChI=1S/C13H27NO4/c1-5-6-13(10(15)16)7-8-14(9-13)11(17)18-12(2,3)4/h10-11,15-17H,5-9H2,1-4H3/t11-,13+/m1/s1. The number of hydrogen-bond donors (Lipinski definition) is 3. The monoisotopic (exact) mass is 261 g/mol. The lowest BCUT2D eigenvalue weighted by molar-refractivity contribution is -0.239. The molecule has 0 amide bonds. The van der Waals surface area contributed by atoms with Crippen LogP contribution < -0.4 is 0 Å². The second-order valence-electron chi connectivity index (χ2n) is 6.26. The Morgan fingerprint density at radius 1 is 1.28 bits per heavy atom. The van der Waals surface area contributed by atoms with Gasteiger partial charge in [-0.1, -0.05) is 13.3 Å².